The molecule has 0 aromatic heterocycles. The van der Waals surface area contributed by atoms with Crippen LogP contribution in [-0.2, 0) is 4.79 Å². The SMILES string of the molecule is O=C1N[C@@H]2CCCC[C@H]2C[C@@H]1N1CCC(C(F)(F)F)CC1. The van der Waals surface area contributed by atoms with E-state index in [4.69, 9.17) is 0 Å². The van der Waals surface area contributed by atoms with Crippen LogP contribution < -0.4 is 5.32 Å². The molecule has 6 heteroatoms. The van der Waals surface area contributed by atoms with E-state index in [1.54, 1.807) is 0 Å². The third-order valence-electron chi connectivity index (χ3n) is 5.50. The first kappa shape index (κ1) is 15.1. The van der Waals surface area contributed by atoms with Crippen molar-refractivity contribution in [1.29, 1.82) is 0 Å². The van der Waals surface area contributed by atoms with E-state index in [1.165, 1.54) is 12.8 Å². The van der Waals surface area contributed by atoms with Crippen LogP contribution >= 0.6 is 0 Å². The van der Waals surface area contributed by atoms with Gasteiger partial charge in [0.15, 0.2) is 0 Å². The molecule has 2 saturated heterocycles. The number of alkyl halides is 3. The van der Waals surface area contributed by atoms with E-state index >= 15 is 0 Å². The largest absolute Gasteiger partial charge is 0.391 e. The molecule has 21 heavy (non-hydrogen) atoms. The Morgan fingerprint density at radius 3 is 2.38 bits per heavy atom. The maximum Gasteiger partial charge on any atom is 0.391 e. The first-order valence-electron chi connectivity index (χ1n) is 8.06. The van der Waals surface area contributed by atoms with Crippen LogP contribution in [0.2, 0.25) is 0 Å². The van der Waals surface area contributed by atoms with Gasteiger partial charge in [-0.3, -0.25) is 9.69 Å². The maximum atomic E-state index is 12.7. The molecule has 3 nitrogen and oxygen atoms in total. The molecular formula is C15H23F3N2O. The van der Waals surface area contributed by atoms with Gasteiger partial charge in [-0.1, -0.05) is 12.8 Å². The van der Waals surface area contributed by atoms with E-state index in [-0.39, 0.29) is 24.8 Å². The van der Waals surface area contributed by atoms with Crippen LogP contribution in [0.5, 0.6) is 0 Å². The molecule has 3 rings (SSSR count). The second kappa shape index (κ2) is 5.78. The lowest BCUT2D eigenvalue weighted by Crippen LogP contribution is -2.59. The Hall–Kier alpha value is -0.780. The Morgan fingerprint density at radius 1 is 1.05 bits per heavy atom. The van der Waals surface area contributed by atoms with Gasteiger partial charge in [0.25, 0.3) is 0 Å². The van der Waals surface area contributed by atoms with Crippen LogP contribution in [0.3, 0.4) is 0 Å². The predicted molar refractivity (Wildman–Crippen MR) is 72.6 cm³/mol. The lowest BCUT2D eigenvalue weighted by Gasteiger charge is -2.45. The van der Waals surface area contributed by atoms with E-state index in [9.17, 15) is 18.0 Å². The predicted octanol–water partition coefficient (Wildman–Crippen LogP) is 2.71. The Balaban J connectivity index is 1.59. The van der Waals surface area contributed by atoms with Gasteiger partial charge in [0, 0.05) is 6.04 Å². The van der Waals surface area contributed by atoms with Crippen molar-refractivity contribution in [3.8, 4) is 0 Å². The molecule has 0 radical (unpaired) electrons. The second-order valence-corrected chi connectivity index (χ2v) is 6.76. The molecule has 0 aromatic carbocycles. The van der Waals surface area contributed by atoms with Gasteiger partial charge in [0.05, 0.1) is 12.0 Å². The first-order valence-corrected chi connectivity index (χ1v) is 8.06. The number of carbonyl (C=O) groups excluding carboxylic acids is 1. The summed E-state index contributed by atoms with van der Waals surface area (Å²) < 4.78 is 38.1. The molecular weight excluding hydrogens is 281 g/mol. The summed E-state index contributed by atoms with van der Waals surface area (Å²) in [6.07, 6.45) is 1.56. The number of fused-ring (bicyclic) bond motifs is 1. The number of carbonyl (C=O) groups is 1. The van der Waals surface area contributed by atoms with Crippen LogP contribution in [0.15, 0.2) is 0 Å². The number of likely N-dealkylation sites (tertiary alicyclic amines) is 1. The summed E-state index contributed by atoms with van der Waals surface area (Å²) in [7, 11) is 0. The summed E-state index contributed by atoms with van der Waals surface area (Å²) in [5.74, 6) is -0.645. The molecule has 0 spiro atoms. The van der Waals surface area contributed by atoms with E-state index < -0.39 is 12.1 Å². The molecule has 0 aromatic rings. The van der Waals surface area contributed by atoms with Crippen LogP contribution in [0, 0.1) is 11.8 Å². The summed E-state index contributed by atoms with van der Waals surface area (Å²) in [5.41, 5.74) is 0. The molecule has 3 aliphatic rings. The zero-order chi connectivity index (χ0) is 15.0. The highest BCUT2D eigenvalue weighted by Crippen LogP contribution is 2.37. The molecule has 1 aliphatic carbocycles. The molecule has 1 saturated carbocycles. The quantitative estimate of drug-likeness (QED) is 0.808. The summed E-state index contributed by atoms with van der Waals surface area (Å²) in [6, 6.07) is 0.0914. The Kier molecular flexibility index (Phi) is 4.17. The average molecular weight is 304 g/mol. The molecule has 0 bridgehead atoms. The number of halogens is 3. The molecule has 0 unspecified atom stereocenters. The lowest BCUT2D eigenvalue weighted by atomic mass is 9.77. The summed E-state index contributed by atoms with van der Waals surface area (Å²) in [5, 5.41) is 3.10. The van der Waals surface area contributed by atoms with Gasteiger partial charge in [-0.05, 0) is 51.1 Å². The fraction of sp³-hybridized carbons (Fsp3) is 0.933. The molecule has 120 valence electrons. The van der Waals surface area contributed by atoms with Crippen molar-refractivity contribution >= 4 is 5.91 Å². The highest BCUT2D eigenvalue weighted by molar-refractivity contribution is 5.83. The Bertz CT molecular complexity index is 391. The van der Waals surface area contributed by atoms with Gasteiger partial charge < -0.3 is 5.32 Å². The maximum absolute atomic E-state index is 12.7. The number of nitrogens with zero attached hydrogens (tertiary/aromatic N) is 1. The zero-order valence-corrected chi connectivity index (χ0v) is 12.2. The van der Waals surface area contributed by atoms with Crippen molar-refractivity contribution in [2.75, 3.05) is 13.1 Å². The highest BCUT2D eigenvalue weighted by Gasteiger charge is 2.44. The number of amides is 1. The summed E-state index contributed by atoms with van der Waals surface area (Å²) >= 11 is 0. The molecule has 1 amide bonds. The number of piperidine rings is 2. The normalized spacial score (nSPS) is 36.1. The molecule has 2 heterocycles. The number of hydrogen-bond donors (Lipinski definition) is 1. The molecule has 3 atom stereocenters. The fourth-order valence-corrected chi connectivity index (χ4v) is 4.21. The third kappa shape index (κ3) is 3.20. The van der Waals surface area contributed by atoms with Crippen molar-refractivity contribution in [3.05, 3.63) is 0 Å². The zero-order valence-electron chi connectivity index (χ0n) is 12.2. The van der Waals surface area contributed by atoms with Crippen LogP contribution in [0.1, 0.15) is 44.9 Å². The minimum Gasteiger partial charge on any atom is -0.352 e. The van der Waals surface area contributed by atoms with Crippen LogP contribution in [-0.4, -0.2) is 42.2 Å². The third-order valence-corrected chi connectivity index (χ3v) is 5.50. The lowest BCUT2D eigenvalue weighted by molar-refractivity contribution is -0.186. The van der Waals surface area contributed by atoms with Crippen molar-refractivity contribution in [2.45, 2.75) is 63.2 Å². The Morgan fingerprint density at radius 2 is 1.71 bits per heavy atom. The van der Waals surface area contributed by atoms with Gasteiger partial charge in [-0.2, -0.15) is 13.2 Å². The van der Waals surface area contributed by atoms with Crippen molar-refractivity contribution in [1.82, 2.24) is 10.2 Å². The van der Waals surface area contributed by atoms with Gasteiger partial charge in [-0.15, -0.1) is 0 Å². The summed E-state index contributed by atoms with van der Waals surface area (Å²) in [4.78, 5) is 14.2. The van der Waals surface area contributed by atoms with E-state index in [2.05, 4.69) is 5.32 Å². The standard InChI is InChI=1S/C15H23F3N2O/c16-15(17,18)11-5-7-20(8-6-11)13-9-10-3-1-2-4-12(10)19-14(13)21/h10-13H,1-9H2,(H,19,21)/t10-,12+,13-/m0/s1. The molecule has 3 fully saturated rings. The minimum atomic E-state index is -4.09. The van der Waals surface area contributed by atoms with Crippen molar-refractivity contribution in [2.24, 2.45) is 11.8 Å². The minimum absolute atomic E-state index is 0.0311. The van der Waals surface area contributed by atoms with Crippen LogP contribution in [0.4, 0.5) is 13.2 Å². The number of hydrogen-bond acceptors (Lipinski definition) is 2. The van der Waals surface area contributed by atoms with E-state index in [0.717, 1.165) is 19.3 Å². The van der Waals surface area contributed by atoms with Crippen molar-refractivity contribution in [3.63, 3.8) is 0 Å². The van der Waals surface area contributed by atoms with Gasteiger partial charge in [-0.25, -0.2) is 0 Å². The second-order valence-electron chi connectivity index (χ2n) is 6.76. The van der Waals surface area contributed by atoms with Gasteiger partial charge in [0.1, 0.15) is 0 Å². The molecule has 2 aliphatic heterocycles. The smallest absolute Gasteiger partial charge is 0.352 e. The van der Waals surface area contributed by atoms with Crippen molar-refractivity contribution < 1.29 is 18.0 Å². The average Bonchev–Trinajstić information content (AvgIpc) is 2.46. The first-order chi connectivity index (χ1) is 9.95. The van der Waals surface area contributed by atoms with Gasteiger partial charge in [0.2, 0.25) is 5.91 Å². The fourth-order valence-electron chi connectivity index (χ4n) is 4.21. The number of nitrogens with one attached hydrogen (secondary N) is 1. The summed E-state index contributed by atoms with van der Waals surface area (Å²) in [6.45, 7) is 0.777. The number of rotatable bonds is 1. The highest BCUT2D eigenvalue weighted by atomic mass is 19.4. The van der Waals surface area contributed by atoms with Crippen LogP contribution in [0.25, 0.3) is 0 Å². The molecule has 1 N–H and O–H groups in total. The Labute approximate surface area is 123 Å². The monoisotopic (exact) mass is 304 g/mol. The van der Waals surface area contributed by atoms with E-state index in [1.807, 2.05) is 4.90 Å². The topological polar surface area (TPSA) is 32.3 Å². The van der Waals surface area contributed by atoms with Gasteiger partial charge >= 0.3 is 6.18 Å². The van der Waals surface area contributed by atoms with E-state index in [0.29, 0.717) is 25.0 Å².